The Labute approximate surface area is 183 Å². The van der Waals surface area contributed by atoms with Crippen molar-refractivity contribution in [2.75, 3.05) is 19.7 Å². The molecule has 31 heavy (non-hydrogen) atoms. The highest BCUT2D eigenvalue weighted by atomic mass is 32.1. The van der Waals surface area contributed by atoms with Crippen molar-refractivity contribution < 1.29 is 9.84 Å². The number of thiophene rings is 1. The number of rotatable bonds is 9. The van der Waals surface area contributed by atoms with Crippen LogP contribution in [-0.4, -0.2) is 46.1 Å². The molecular weight excluding hydrogens is 408 g/mol. The smallest absolute Gasteiger partial charge is 0.120 e. The number of nitrogens with zero attached hydrogens (tertiary/aromatic N) is 1. The quantitative estimate of drug-likeness (QED) is 0.261. The molecule has 5 aromatic rings. The SMILES string of the molecule is OC(CNCCc1c[nH]c2ccccc12)COc1cccc(-c2n[nH]c3ccsc23)c1. The second-order valence-electron chi connectivity index (χ2n) is 7.54. The fraction of sp³-hybridized carbons (Fsp3) is 0.208. The van der Waals surface area contributed by atoms with E-state index in [1.54, 1.807) is 11.3 Å². The predicted octanol–water partition coefficient (Wildman–Crippen LogP) is 4.34. The van der Waals surface area contributed by atoms with Gasteiger partial charge in [0, 0.05) is 29.2 Å². The van der Waals surface area contributed by atoms with Crippen LogP contribution in [0, 0.1) is 0 Å². The van der Waals surface area contributed by atoms with Gasteiger partial charge in [-0.1, -0.05) is 30.3 Å². The van der Waals surface area contributed by atoms with Crippen LogP contribution in [0.1, 0.15) is 5.56 Å². The van der Waals surface area contributed by atoms with Crippen LogP contribution in [0.2, 0.25) is 0 Å². The largest absolute Gasteiger partial charge is 0.491 e. The number of nitrogens with one attached hydrogen (secondary N) is 3. The zero-order valence-electron chi connectivity index (χ0n) is 17.0. The van der Waals surface area contributed by atoms with Crippen LogP contribution < -0.4 is 10.1 Å². The van der Waals surface area contributed by atoms with Crippen molar-refractivity contribution in [2.45, 2.75) is 12.5 Å². The molecule has 1 atom stereocenters. The molecule has 0 radical (unpaired) electrons. The number of hydrogen-bond acceptors (Lipinski definition) is 5. The summed E-state index contributed by atoms with van der Waals surface area (Å²) in [5, 5.41) is 24.4. The van der Waals surface area contributed by atoms with Crippen molar-refractivity contribution in [3.63, 3.8) is 0 Å². The van der Waals surface area contributed by atoms with E-state index in [1.165, 1.54) is 10.9 Å². The minimum atomic E-state index is -0.582. The molecule has 1 unspecified atom stereocenters. The molecule has 0 aliphatic carbocycles. The number of hydrogen-bond donors (Lipinski definition) is 4. The molecule has 0 saturated heterocycles. The molecule has 0 fully saturated rings. The molecule has 7 heteroatoms. The number of aliphatic hydroxyl groups excluding tert-OH is 1. The van der Waals surface area contributed by atoms with E-state index in [0.717, 1.165) is 45.7 Å². The molecule has 0 bridgehead atoms. The summed E-state index contributed by atoms with van der Waals surface area (Å²) in [5.74, 6) is 0.725. The summed E-state index contributed by atoms with van der Waals surface area (Å²) in [6.45, 7) is 1.51. The highest BCUT2D eigenvalue weighted by molar-refractivity contribution is 7.17. The molecule has 3 aromatic heterocycles. The third kappa shape index (κ3) is 4.34. The summed E-state index contributed by atoms with van der Waals surface area (Å²) in [5.41, 5.74) is 5.40. The molecule has 0 aliphatic heterocycles. The zero-order valence-corrected chi connectivity index (χ0v) is 17.8. The molecule has 6 nitrogen and oxygen atoms in total. The lowest BCUT2D eigenvalue weighted by Crippen LogP contribution is -2.32. The number of aromatic amines is 2. The van der Waals surface area contributed by atoms with Gasteiger partial charge in [0.2, 0.25) is 0 Å². The summed E-state index contributed by atoms with van der Waals surface area (Å²) in [4.78, 5) is 3.30. The maximum atomic E-state index is 10.3. The third-order valence-electron chi connectivity index (χ3n) is 5.34. The fourth-order valence-corrected chi connectivity index (χ4v) is 4.61. The molecule has 0 aliphatic rings. The van der Waals surface area contributed by atoms with E-state index in [-0.39, 0.29) is 6.61 Å². The Morgan fingerprint density at radius 2 is 2.03 bits per heavy atom. The number of para-hydroxylation sites is 1. The molecule has 4 N–H and O–H groups in total. The van der Waals surface area contributed by atoms with Gasteiger partial charge in [0.25, 0.3) is 0 Å². The van der Waals surface area contributed by atoms with E-state index < -0.39 is 6.10 Å². The van der Waals surface area contributed by atoms with Gasteiger partial charge >= 0.3 is 0 Å². The fourth-order valence-electron chi connectivity index (χ4n) is 3.76. The first-order valence-corrected chi connectivity index (χ1v) is 11.2. The molecule has 2 aromatic carbocycles. The molecule has 158 valence electrons. The zero-order chi connectivity index (χ0) is 21.0. The Morgan fingerprint density at radius 3 is 3.00 bits per heavy atom. The molecule has 0 amide bonds. The van der Waals surface area contributed by atoms with Crippen molar-refractivity contribution in [1.82, 2.24) is 20.5 Å². The summed E-state index contributed by atoms with van der Waals surface area (Å²) >= 11 is 1.67. The number of aromatic nitrogens is 3. The average molecular weight is 433 g/mol. The molecule has 0 spiro atoms. The highest BCUT2D eigenvalue weighted by Crippen LogP contribution is 2.31. The van der Waals surface area contributed by atoms with Crippen LogP contribution in [0.25, 0.3) is 32.4 Å². The van der Waals surface area contributed by atoms with E-state index in [0.29, 0.717) is 6.54 Å². The number of ether oxygens (including phenoxy) is 1. The second-order valence-corrected chi connectivity index (χ2v) is 8.46. The van der Waals surface area contributed by atoms with Crippen molar-refractivity contribution in [3.05, 3.63) is 71.7 Å². The van der Waals surface area contributed by atoms with Gasteiger partial charge in [-0.2, -0.15) is 5.10 Å². The lowest BCUT2D eigenvalue weighted by molar-refractivity contribution is 0.106. The van der Waals surface area contributed by atoms with Crippen LogP contribution in [0.4, 0.5) is 0 Å². The Morgan fingerprint density at radius 1 is 1.10 bits per heavy atom. The minimum absolute atomic E-state index is 0.235. The van der Waals surface area contributed by atoms with E-state index in [2.05, 4.69) is 50.3 Å². The van der Waals surface area contributed by atoms with Crippen molar-refractivity contribution in [1.29, 1.82) is 0 Å². The number of benzene rings is 2. The van der Waals surface area contributed by atoms with Crippen LogP contribution in [0.3, 0.4) is 0 Å². The van der Waals surface area contributed by atoms with E-state index >= 15 is 0 Å². The maximum absolute atomic E-state index is 10.3. The Bertz CT molecular complexity index is 1290. The first kappa shape index (κ1) is 19.8. The van der Waals surface area contributed by atoms with Crippen molar-refractivity contribution in [2.24, 2.45) is 0 Å². The lowest BCUT2D eigenvalue weighted by Gasteiger charge is -2.13. The summed E-state index contributed by atoms with van der Waals surface area (Å²) < 4.78 is 6.97. The van der Waals surface area contributed by atoms with E-state index in [4.69, 9.17) is 4.74 Å². The predicted molar refractivity (Wildman–Crippen MR) is 126 cm³/mol. The van der Waals surface area contributed by atoms with Crippen LogP contribution >= 0.6 is 11.3 Å². The van der Waals surface area contributed by atoms with Crippen LogP contribution in [0.5, 0.6) is 5.75 Å². The van der Waals surface area contributed by atoms with Gasteiger partial charge in [0.05, 0.1) is 10.2 Å². The van der Waals surface area contributed by atoms with Crippen LogP contribution in [-0.2, 0) is 6.42 Å². The monoisotopic (exact) mass is 432 g/mol. The Kier molecular flexibility index (Phi) is 5.71. The Balaban J connectivity index is 1.11. The summed E-state index contributed by atoms with van der Waals surface area (Å²) in [6, 6.07) is 18.2. The molecule has 5 rings (SSSR count). The average Bonchev–Trinajstić information content (AvgIpc) is 3.51. The van der Waals surface area contributed by atoms with Gasteiger partial charge < -0.3 is 20.1 Å². The normalized spacial score (nSPS) is 12.5. The van der Waals surface area contributed by atoms with E-state index in [1.807, 2.05) is 36.4 Å². The minimum Gasteiger partial charge on any atom is -0.491 e. The van der Waals surface area contributed by atoms with Crippen molar-refractivity contribution in [3.8, 4) is 17.0 Å². The molecular formula is C24H24N4O2S. The second kappa shape index (κ2) is 8.93. The third-order valence-corrected chi connectivity index (χ3v) is 6.27. The standard InChI is InChI=1S/C24H24N4O2S/c29-18(14-25-10-8-17-13-26-21-7-2-1-6-20(17)21)15-30-19-5-3-4-16(12-19)23-24-22(27-28-23)9-11-31-24/h1-7,9,11-13,18,25-26,29H,8,10,14-15H2,(H,27,28). The van der Waals surface area contributed by atoms with Gasteiger partial charge in [0.15, 0.2) is 0 Å². The lowest BCUT2D eigenvalue weighted by atomic mass is 10.1. The topological polar surface area (TPSA) is 86.0 Å². The van der Waals surface area contributed by atoms with E-state index in [9.17, 15) is 5.11 Å². The number of H-pyrrole nitrogens is 2. The Hall–Kier alpha value is -3.13. The van der Waals surface area contributed by atoms with Crippen molar-refractivity contribution >= 4 is 32.5 Å². The maximum Gasteiger partial charge on any atom is 0.120 e. The highest BCUT2D eigenvalue weighted by Gasteiger charge is 2.11. The molecule has 3 heterocycles. The van der Waals surface area contributed by atoms with Gasteiger partial charge in [-0.3, -0.25) is 5.10 Å². The summed E-state index contributed by atoms with van der Waals surface area (Å²) in [6.07, 6.45) is 2.38. The van der Waals surface area contributed by atoms with Gasteiger partial charge in [-0.25, -0.2) is 0 Å². The summed E-state index contributed by atoms with van der Waals surface area (Å²) in [7, 11) is 0. The van der Waals surface area contributed by atoms with Gasteiger partial charge in [-0.05, 0) is 48.2 Å². The molecule has 0 saturated carbocycles. The van der Waals surface area contributed by atoms with Gasteiger partial charge in [0.1, 0.15) is 24.2 Å². The first-order chi connectivity index (χ1) is 15.3. The number of aliphatic hydroxyl groups is 1. The number of fused-ring (bicyclic) bond motifs is 2. The van der Waals surface area contributed by atoms with Crippen LogP contribution in [0.15, 0.2) is 66.2 Å². The van der Waals surface area contributed by atoms with Gasteiger partial charge in [-0.15, -0.1) is 11.3 Å². The first-order valence-electron chi connectivity index (χ1n) is 10.4.